The predicted octanol–water partition coefficient (Wildman–Crippen LogP) is 6.15. The normalized spacial score (nSPS) is 14.0. The maximum atomic E-state index is 4.69. The second kappa shape index (κ2) is 7.58. The van der Waals surface area contributed by atoms with Crippen molar-refractivity contribution >= 4 is 15.9 Å². The number of aromatic nitrogens is 1. The molecule has 5 rings (SSSR count). The van der Waals surface area contributed by atoms with Crippen molar-refractivity contribution in [3.63, 3.8) is 0 Å². The molecule has 0 saturated heterocycles. The van der Waals surface area contributed by atoms with Gasteiger partial charge in [-0.05, 0) is 22.8 Å². The molecule has 1 aliphatic heterocycles. The van der Waals surface area contributed by atoms with E-state index in [4.69, 9.17) is 4.98 Å². The van der Waals surface area contributed by atoms with E-state index in [1.165, 1.54) is 22.3 Å². The van der Waals surface area contributed by atoms with E-state index in [0.29, 0.717) is 0 Å². The van der Waals surface area contributed by atoms with Crippen molar-refractivity contribution in [2.24, 2.45) is 0 Å². The largest absolute Gasteiger partial charge is 0.276 e. The quantitative estimate of drug-likeness (QED) is 0.353. The summed E-state index contributed by atoms with van der Waals surface area (Å²) < 4.78 is 1.13. The molecular weight excluding hydrogens is 420 g/mol. The molecule has 2 heterocycles. The van der Waals surface area contributed by atoms with Crippen LogP contribution in [0, 0.1) is 0 Å². The molecule has 0 unspecified atom stereocenters. The molecule has 3 heteroatoms. The lowest BCUT2D eigenvalue weighted by molar-refractivity contribution is 0.156. The van der Waals surface area contributed by atoms with Crippen LogP contribution in [0.4, 0.5) is 0 Å². The zero-order chi connectivity index (χ0) is 19.7. The second-order valence-corrected chi connectivity index (χ2v) is 8.24. The highest BCUT2D eigenvalue weighted by Gasteiger charge is 2.44. The molecular formula is C26H21BrN2. The molecule has 0 spiro atoms. The molecule has 0 fully saturated rings. The first-order chi connectivity index (χ1) is 14.3. The molecule has 0 N–H and O–H groups in total. The van der Waals surface area contributed by atoms with Crippen LogP contribution >= 0.6 is 15.9 Å². The molecule has 1 aliphatic rings. The van der Waals surface area contributed by atoms with Crippen molar-refractivity contribution in [1.29, 1.82) is 0 Å². The highest BCUT2D eigenvalue weighted by molar-refractivity contribution is 9.10. The third-order valence-electron chi connectivity index (χ3n) is 5.83. The standard InChI is InChI=1S/C26H21BrN2/c27-24-16-17-28-25-19-29(18-23(24)25)26(20-10-4-1-5-11-20,21-12-6-2-7-13-21)22-14-8-3-9-15-22/h1-17H,18-19H2. The molecule has 0 atom stereocenters. The first kappa shape index (κ1) is 18.3. The minimum absolute atomic E-state index is 0.399. The highest BCUT2D eigenvalue weighted by Crippen LogP contribution is 2.46. The fourth-order valence-electron chi connectivity index (χ4n) is 4.56. The van der Waals surface area contributed by atoms with Gasteiger partial charge in [-0.15, -0.1) is 0 Å². The number of fused-ring (bicyclic) bond motifs is 1. The summed E-state index contributed by atoms with van der Waals surface area (Å²) in [7, 11) is 0. The first-order valence-electron chi connectivity index (χ1n) is 9.84. The SMILES string of the molecule is Brc1ccnc2c1CN(C(c1ccccc1)(c1ccccc1)c1ccccc1)C2. The lowest BCUT2D eigenvalue weighted by Crippen LogP contribution is -2.45. The minimum Gasteiger partial charge on any atom is -0.276 e. The summed E-state index contributed by atoms with van der Waals surface area (Å²) in [4.78, 5) is 7.24. The molecule has 0 saturated carbocycles. The fraction of sp³-hybridized carbons (Fsp3) is 0.115. The number of rotatable bonds is 4. The molecule has 0 radical (unpaired) electrons. The first-order valence-corrected chi connectivity index (χ1v) is 10.6. The monoisotopic (exact) mass is 440 g/mol. The topological polar surface area (TPSA) is 16.1 Å². The summed E-state index contributed by atoms with van der Waals surface area (Å²) in [5.74, 6) is 0. The van der Waals surface area contributed by atoms with Crippen LogP contribution in [0.3, 0.4) is 0 Å². The van der Waals surface area contributed by atoms with E-state index in [0.717, 1.165) is 23.3 Å². The molecule has 2 nitrogen and oxygen atoms in total. The molecule has 29 heavy (non-hydrogen) atoms. The summed E-state index contributed by atoms with van der Waals surface area (Å²) in [6, 6.07) is 34.5. The van der Waals surface area contributed by atoms with E-state index >= 15 is 0 Å². The Morgan fingerprint density at radius 1 is 0.655 bits per heavy atom. The number of benzene rings is 3. The number of hydrogen-bond acceptors (Lipinski definition) is 2. The van der Waals surface area contributed by atoms with Gasteiger partial charge in [0.1, 0.15) is 0 Å². The van der Waals surface area contributed by atoms with E-state index in [2.05, 4.69) is 112 Å². The number of pyridine rings is 1. The van der Waals surface area contributed by atoms with Crippen LogP contribution in [0.15, 0.2) is 108 Å². The minimum atomic E-state index is -0.399. The van der Waals surface area contributed by atoms with Gasteiger partial charge in [-0.2, -0.15) is 0 Å². The van der Waals surface area contributed by atoms with Gasteiger partial charge in [-0.1, -0.05) is 107 Å². The number of hydrogen-bond donors (Lipinski definition) is 0. The Bertz CT molecular complexity index is 1010. The van der Waals surface area contributed by atoms with Crippen molar-refractivity contribution in [3.05, 3.63) is 136 Å². The van der Waals surface area contributed by atoms with E-state index in [1.807, 2.05) is 12.3 Å². The summed E-state index contributed by atoms with van der Waals surface area (Å²) in [5, 5.41) is 0. The zero-order valence-electron chi connectivity index (χ0n) is 16.0. The smallest absolute Gasteiger partial charge is 0.0979 e. The van der Waals surface area contributed by atoms with E-state index < -0.39 is 5.54 Å². The zero-order valence-corrected chi connectivity index (χ0v) is 17.6. The lowest BCUT2D eigenvalue weighted by Gasteiger charge is -2.43. The summed E-state index contributed by atoms with van der Waals surface area (Å²) in [6.45, 7) is 1.63. The highest BCUT2D eigenvalue weighted by atomic mass is 79.9. The van der Waals surface area contributed by atoms with Crippen molar-refractivity contribution < 1.29 is 0 Å². The van der Waals surface area contributed by atoms with Crippen LogP contribution in [0.25, 0.3) is 0 Å². The maximum absolute atomic E-state index is 4.69. The van der Waals surface area contributed by atoms with Crippen LogP contribution in [0.2, 0.25) is 0 Å². The Hall–Kier alpha value is -2.75. The van der Waals surface area contributed by atoms with E-state index in [9.17, 15) is 0 Å². The van der Waals surface area contributed by atoms with Gasteiger partial charge in [0.15, 0.2) is 0 Å². The Morgan fingerprint density at radius 2 is 1.14 bits per heavy atom. The van der Waals surface area contributed by atoms with Gasteiger partial charge in [0.2, 0.25) is 0 Å². The van der Waals surface area contributed by atoms with Crippen LogP contribution in [-0.2, 0) is 18.6 Å². The van der Waals surface area contributed by atoms with Gasteiger partial charge in [0.05, 0.1) is 11.2 Å². The average molecular weight is 441 g/mol. The molecule has 4 aromatic rings. The Balaban J connectivity index is 1.79. The van der Waals surface area contributed by atoms with Gasteiger partial charge in [0, 0.05) is 29.3 Å². The van der Waals surface area contributed by atoms with Crippen LogP contribution in [0.5, 0.6) is 0 Å². The summed E-state index contributed by atoms with van der Waals surface area (Å²) in [5.41, 5.74) is 5.82. The number of halogens is 1. The molecule has 0 bridgehead atoms. The van der Waals surface area contributed by atoms with Crippen molar-refractivity contribution in [2.45, 2.75) is 18.6 Å². The van der Waals surface area contributed by atoms with Gasteiger partial charge < -0.3 is 0 Å². The molecule has 0 aliphatic carbocycles. The molecule has 3 aromatic carbocycles. The van der Waals surface area contributed by atoms with Gasteiger partial charge in [-0.25, -0.2) is 0 Å². The second-order valence-electron chi connectivity index (χ2n) is 7.38. The van der Waals surface area contributed by atoms with Crippen molar-refractivity contribution in [3.8, 4) is 0 Å². The van der Waals surface area contributed by atoms with Crippen molar-refractivity contribution in [2.75, 3.05) is 0 Å². The Morgan fingerprint density at radius 3 is 1.59 bits per heavy atom. The van der Waals surface area contributed by atoms with Gasteiger partial charge in [0.25, 0.3) is 0 Å². The molecule has 142 valence electrons. The molecule has 0 amide bonds. The van der Waals surface area contributed by atoms with Gasteiger partial charge in [-0.3, -0.25) is 9.88 Å². The Kier molecular flexibility index (Phi) is 4.78. The van der Waals surface area contributed by atoms with Crippen LogP contribution in [-0.4, -0.2) is 9.88 Å². The maximum Gasteiger partial charge on any atom is 0.0979 e. The molecule has 1 aromatic heterocycles. The summed E-state index contributed by atoms with van der Waals surface area (Å²) in [6.07, 6.45) is 1.89. The van der Waals surface area contributed by atoms with Crippen molar-refractivity contribution in [1.82, 2.24) is 9.88 Å². The summed E-state index contributed by atoms with van der Waals surface area (Å²) >= 11 is 3.74. The number of nitrogens with zero attached hydrogens (tertiary/aromatic N) is 2. The van der Waals surface area contributed by atoms with Crippen LogP contribution < -0.4 is 0 Å². The van der Waals surface area contributed by atoms with Gasteiger partial charge >= 0.3 is 0 Å². The lowest BCUT2D eigenvalue weighted by atomic mass is 9.75. The van der Waals surface area contributed by atoms with E-state index in [1.54, 1.807) is 0 Å². The average Bonchev–Trinajstić information content (AvgIpc) is 3.23. The fourth-order valence-corrected chi connectivity index (χ4v) is 5.04. The van der Waals surface area contributed by atoms with Crippen LogP contribution in [0.1, 0.15) is 27.9 Å². The third-order valence-corrected chi connectivity index (χ3v) is 6.57. The third kappa shape index (κ3) is 3.02. The Labute approximate surface area is 180 Å². The van der Waals surface area contributed by atoms with E-state index in [-0.39, 0.29) is 0 Å². The predicted molar refractivity (Wildman–Crippen MR) is 120 cm³/mol.